The number of carbonyl (C=O) groups excluding carboxylic acids is 4. The van der Waals surface area contributed by atoms with Crippen molar-refractivity contribution in [2.24, 2.45) is 27.9 Å². The number of primary amides is 1. The molecule has 1 aromatic heterocycles. The smallest absolute Gasteiger partial charge is 0.326 e. The van der Waals surface area contributed by atoms with Crippen LogP contribution in [0.5, 0.6) is 0 Å². The number of rotatable bonds is 15. The lowest BCUT2D eigenvalue weighted by Crippen LogP contribution is -2.54. The van der Waals surface area contributed by atoms with Crippen molar-refractivity contribution in [1.82, 2.24) is 25.9 Å². The maximum Gasteiger partial charge on any atom is 0.326 e. The van der Waals surface area contributed by atoms with Crippen molar-refractivity contribution in [3.8, 4) is 0 Å². The number of carboxylic acid groups (broad SMARTS) is 1. The highest BCUT2D eigenvalue weighted by Gasteiger charge is 2.27. The topological polar surface area (TPSA) is 287 Å². The number of hydrogen-bond acceptors (Lipinski definition) is 8. The minimum atomic E-state index is -1.58. The number of aliphatic carboxylic acids is 1. The molecule has 0 aliphatic rings. The molecule has 34 heavy (non-hydrogen) atoms. The fourth-order valence-corrected chi connectivity index (χ4v) is 2.72. The summed E-state index contributed by atoms with van der Waals surface area (Å²) in [5.41, 5.74) is 21.9. The van der Waals surface area contributed by atoms with E-state index in [9.17, 15) is 29.1 Å². The van der Waals surface area contributed by atoms with E-state index in [-0.39, 0.29) is 31.8 Å². The zero-order valence-electron chi connectivity index (χ0n) is 18.3. The monoisotopic (exact) mass is 482 g/mol. The lowest BCUT2D eigenvalue weighted by atomic mass is 10.1. The van der Waals surface area contributed by atoms with Crippen molar-refractivity contribution in [3.63, 3.8) is 0 Å². The number of guanidine groups is 1. The summed E-state index contributed by atoms with van der Waals surface area (Å²) in [6.07, 6.45) is 2.76. The number of amides is 4. The van der Waals surface area contributed by atoms with Gasteiger partial charge in [0.15, 0.2) is 5.96 Å². The predicted octanol–water partition coefficient (Wildman–Crippen LogP) is -4.62. The molecule has 13 N–H and O–H groups in total. The number of aromatic nitrogens is 2. The van der Waals surface area contributed by atoms with Gasteiger partial charge in [-0.1, -0.05) is 0 Å². The standard InChI is InChI=1S/C18H30N10O6/c19-10(4-9-6-23-8-26-9)15(31)25-7-14(30)27-11(2-1-3-24-18(21)22)16(32)28-12(17(33)34)5-13(20)29/h6,8,10-12H,1-5,7,19H2,(H2,20,29)(H,23,26)(H,25,31)(H,27,30)(H,28,32)(H,33,34)(H4,21,22,24). The second-order valence-corrected chi connectivity index (χ2v) is 7.24. The summed E-state index contributed by atoms with van der Waals surface area (Å²) in [7, 11) is 0. The van der Waals surface area contributed by atoms with Crippen molar-refractivity contribution >= 4 is 35.6 Å². The van der Waals surface area contributed by atoms with E-state index in [2.05, 4.69) is 30.9 Å². The van der Waals surface area contributed by atoms with Crippen LogP contribution in [0, 0.1) is 0 Å². The molecule has 0 bridgehead atoms. The Bertz CT molecular complexity index is 884. The summed E-state index contributed by atoms with van der Waals surface area (Å²) < 4.78 is 0. The lowest BCUT2D eigenvalue weighted by Gasteiger charge is -2.21. The molecule has 0 radical (unpaired) electrons. The van der Waals surface area contributed by atoms with Gasteiger partial charge in [0.25, 0.3) is 0 Å². The Morgan fingerprint density at radius 1 is 1.09 bits per heavy atom. The van der Waals surface area contributed by atoms with E-state index in [1.54, 1.807) is 0 Å². The summed E-state index contributed by atoms with van der Waals surface area (Å²) in [5, 5.41) is 16.1. The maximum absolute atomic E-state index is 12.6. The summed E-state index contributed by atoms with van der Waals surface area (Å²) in [6.45, 7) is -0.346. The fourth-order valence-electron chi connectivity index (χ4n) is 2.72. The average molecular weight is 483 g/mol. The molecule has 4 amide bonds. The number of aliphatic imine (C=N–C) groups is 1. The van der Waals surface area contributed by atoms with Gasteiger partial charge < -0.3 is 49.0 Å². The van der Waals surface area contributed by atoms with Crippen molar-refractivity contribution in [2.45, 2.75) is 43.8 Å². The number of H-pyrrole nitrogens is 1. The molecule has 1 heterocycles. The number of nitrogens with one attached hydrogen (secondary N) is 4. The Labute approximate surface area is 194 Å². The number of imidazole rings is 1. The highest BCUT2D eigenvalue weighted by Crippen LogP contribution is 2.02. The highest BCUT2D eigenvalue weighted by atomic mass is 16.4. The Hall–Kier alpha value is -4.21. The number of carbonyl (C=O) groups is 5. The van der Waals surface area contributed by atoms with E-state index in [0.29, 0.717) is 5.69 Å². The Kier molecular flexibility index (Phi) is 11.5. The SMILES string of the molecule is NC(=O)CC(NC(=O)C(CCCN=C(N)N)NC(=O)CNC(=O)C(N)Cc1cnc[nH]1)C(=O)O. The summed E-state index contributed by atoms with van der Waals surface area (Å²) in [4.78, 5) is 69.8. The summed E-state index contributed by atoms with van der Waals surface area (Å²) >= 11 is 0. The van der Waals surface area contributed by atoms with E-state index in [1.165, 1.54) is 12.5 Å². The Morgan fingerprint density at radius 3 is 2.35 bits per heavy atom. The first-order valence-electron chi connectivity index (χ1n) is 10.2. The molecule has 0 saturated carbocycles. The molecule has 1 aromatic rings. The molecular formula is C18H30N10O6. The van der Waals surface area contributed by atoms with Crippen LogP contribution in [0.2, 0.25) is 0 Å². The van der Waals surface area contributed by atoms with Crippen LogP contribution in [0.25, 0.3) is 0 Å². The van der Waals surface area contributed by atoms with Crippen LogP contribution in [-0.2, 0) is 30.4 Å². The molecule has 3 unspecified atom stereocenters. The number of aromatic amines is 1. The van der Waals surface area contributed by atoms with Crippen LogP contribution in [0.3, 0.4) is 0 Å². The molecule has 0 aromatic carbocycles. The second-order valence-electron chi connectivity index (χ2n) is 7.24. The Morgan fingerprint density at radius 2 is 1.79 bits per heavy atom. The van der Waals surface area contributed by atoms with Crippen LogP contribution in [0.4, 0.5) is 0 Å². The molecule has 0 aliphatic carbocycles. The van der Waals surface area contributed by atoms with Crippen molar-refractivity contribution in [1.29, 1.82) is 0 Å². The fraction of sp³-hybridized carbons (Fsp3) is 0.500. The van der Waals surface area contributed by atoms with Crippen LogP contribution in [-0.4, -0.2) is 81.8 Å². The normalized spacial score (nSPS) is 13.1. The average Bonchev–Trinajstić information content (AvgIpc) is 3.25. The minimum absolute atomic E-state index is 0.0323. The number of nitrogens with two attached hydrogens (primary N) is 4. The van der Waals surface area contributed by atoms with Crippen LogP contribution < -0.4 is 38.9 Å². The first-order valence-corrected chi connectivity index (χ1v) is 10.2. The van der Waals surface area contributed by atoms with E-state index < -0.39 is 60.7 Å². The van der Waals surface area contributed by atoms with Gasteiger partial charge in [0.2, 0.25) is 23.6 Å². The predicted molar refractivity (Wildman–Crippen MR) is 118 cm³/mol. The van der Waals surface area contributed by atoms with E-state index >= 15 is 0 Å². The Balaban J connectivity index is 2.70. The van der Waals surface area contributed by atoms with Crippen molar-refractivity contribution in [2.75, 3.05) is 13.1 Å². The molecule has 0 fully saturated rings. The van der Waals surface area contributed by atoms with E-state index in [4.69, 9.17) is 22.9 Å². The quantitative estimate of drug-likeness (QED) is 0.0654. The zero-order valence-corrected chi connectivity index (χ0v) is 18.3. The van der Waals surface area contributed by atoms with E-state index in [0.717, 1.165) is 0 Å². The molecule has 0 spiro atoms. The van der Waals surface area contributed by atoms with Gasteiger partial charge in [-0.05, 0) is 12.8 Å². The molecule has 0 aliphatic heterocycles. The second kappa shape index (κ2) is 14.0. The van der Waals surface area contributed by atoms with Gasteiger partial charge in [-0.3, -0.25) is 24.2 Å². The van der Waals surface area contributed by atoms with Crippen LogP contribution in [0.1, 0.15) is 25.0 Å². The summed E-state index contributed by atoms with van der Waals surface area (Å²) in [5.74, 6) is -4.77. The molecule has 3 atom stereocenters. The zero-order chi connectivity index (χ0) is 25.7. The molecule has 0 saturated heterocycles. The molecular weight excluding hydrogens is 452 g/mol. The highest BCUT2D eigenvalue weighted by molar-refractivity contribution is 5.93. The molecule has 1 rings (SSSR count). The largest absolute Gasteiger partial charge is 0.480 e. The van der Waals surface area contributed by atoms with Gasteiger partial charge in [-0.2, -0.15) is 0 Å². The molecule has 16 nitrogen and oxygen atoms in total. The summed E-state index contributed by atoms with van der Waals surface area (Å²) in [6, 6.07) is -3.73. The minimum Gasteiger partial charge on any atom is -0.480 e. The van der Waals surface area contributed by atoms with Gasteiger partial charge in [0, 0.05) is 24.9 Å². The number of nitrogens with zero attached hydrogens (tertiary/aromatic N) is 2. The van der Waals surface area contributed by atoms with Gasteiger partial charge >= 0.3 is 5.97 Å². The first kappa shape index (κ1) is 27.8. The number of hydrogen-bond donors (Lipinski definition) is 9. The van der Waals surface area contributed by atoms with Crippen LogP contribution in [0.15, 0.2) is 17.5 Å². The molecule has 16 heteroatoms. The third-order valence-corrected chi connectivity index (χ3v) is 4.37. The van der Waals surface area contributed by atoms with Crippen LogP contribution >= 0.6 is 0 Å². The number of carboxylic acids is 1. The third kappa shape index (κ3) is 10.9. The van der Waals surface area contributed by atoms with E-state index in [1.807, 2.05) is 0 Å². The van der Waals surface area contributed by atoms with Crippen molar-refractivity contribution < 1.29 is 29.1 Å². The van der Waals surface area contributed by atoms with Gasteiger partial charge in [-0.25, -0.2) is 9.78 Å². The third-order valence-electron chi connectivity index (χ3n) is 4.37. The van der Waals surface area contributed by atoms with Gasteiger partial charge in [0.1, 0.15) is 12.1 Å². The first-order chi connectivity index (χ1) is 16.0. The van der Waals surface area contributed by atoms with Gasteiger partial charge in [0.05, 0.1) is 25.3 Å². The van der Waals surface area contributed by atoms with Crippen molar-refractivity contribution in [3.05, 3.63) is 18.2 Å². The lowest BCUT2D eigenvalue weighted by molar-refractivity contribution is -0.143. The maximum atomic E-state index is 12.6. The molecule has 188 valence electrons. The van der Waals surface area contributed by atoms with Gasteiger partial charge in [-0.15, -0.1) is 0 Å².